The SMILES string of the molecule is CC(=O)NC(C)(C)c1noc(CC2OCCc3ccsc32)n1. The third-order valence-electron chi connectivity index (χ3n) is 3.64. The minimum atomic E-state index is -0.658. The van der Waals surface area contributed by atoms with Crippen molar-refractivity contribution in [1.29, 1.82) is 0 Å². The van der Waals surface area contributed by atoms with Crippen LogP contribution < -0.4 is 5.32 Å². The second kappa shape index (κ2) is 5.81. The summed E-state index contributed by atoms with van der Waals surface area (Å²) in [5, 5.41) is 8.90. The Hall–Kier alpha value is -1.73. The molecule has 0 saturated carbocycles. The van der Waals surface area contributed by atoms with E-state index in [9.17, 15) is 4.79 Å². The van der Waals surface area contributed by atoms with Gasteiger partial charge >= 0.3 is 0 Å². The van der Waals surface area contributed by atoms with E-state index in [0.717, 1.165) is 6.42 Å². The van der Waals surface area contributed by atoms with E-state index < -0.39 is 5.54 Å². The number of hydrogen-bond acceptors (Lipinski definition) is 6. The van der Waals surface area contributed by atoms with Crippen molar-refractivity contribution in [2.24, 2.45) is 0 Å². The number of nitrogens with zero attached hydrogens (tertiary/aromatic N) is 2. The van der Waals surface area contributed by atoms with Crippen molar-refractivity contribution in [3.8, 4) is 0 Å². The average Bonchev–Trinajstić information content (AvgIpc) is 3.06. The van der Waals surface area contributed by atoms with Crippen molar-refractivity contribution in [3.63, 3.8) is 0 Å². The first-order valence-corrected chi connectivity index (χ1v) is 8.13. The summed E-state index contributed by atoms with van der Waals surface area (Å²) in [5.74, 6) is 0.870. The van der Waals surface area contributed by atoms with Crippen LogP contribution in [0.4, 0.5) is 0 Å². The summed E-state index contributed by atoms with van der Waals surface area (Å²) in [6.07, 6.45) is 1.48. The molecule has 7 heteroatoms. The quantitative estimate of drug-likeness (QED) is 0.935. The molecule has 2 aromatic heterocycles. The van der Waals surface area contributed by atoms with Crippen molar-refractivity contribution >= 4 is 17.2 Å². The van der Waals surface area contributed by atoms with Crippen LogP contribution in [0.1, 0.15) is 49.0 Å². The van der Waals surface area contributed by atoms with Crippen molar-refractivity contribution < 1.29 is 14.1 Å². The molecule has 1 amide bonds. The highest BCUT2D eigenvalue weighted by Gasteiger charge is 2.29. The van der Waals surface area contributed by atoms with E-state index in [4.69, 9.17) is 9.26 Å². The van der Waals surface area contributed by atoms with E-state index in [-0.39, 0.29) is 12.0 Å². The predicted octanol–water partition coefficient (Wildman–Crippen LogP) is 2.36. The van der Waals surface area contributed by atoms with Crippen molar-refractivity contribution in [2.45, 2.75) is 45.3 Å². The molecule has 22 heavy (non-hydrogen) atoms. The maximum Gasteiger partial charge on any atom is 0.229 e. The van der Waals surface area contributed by atoms with Gasteiger partial charge < -0.3 is 14.6 Å². The molecule has 1 aliphatic rings. The summed E-state index contributed by atoms with van der Waals surface area (Å²) < 4.78 is 11.2. The number of rotatable bonds is 4. The lowest BCUT2D eigenvalue weighted by molar-refractivity contribution is -0.120. The second-order valence-electron chi connectivity index (χ2n) is 5.94. The zero-order valence-corrected chi connectivity index (χ0v) is 13.7. The van der Waals surface area contributed by atoms with Gasteiger partial charge in [-0.1, -0.05) is 5.16 Å². The van der Waals surface area contributed by atoms with Gasteiger partial charge in [-0.2, -0.15) is 4.98 Å². The van der Waals surface area contributed by atoms with Gasteiger partial charge in [-0.15, -0.1) is 11.3 Å². The summed E-state index contributed by atoms with van der Waals surface area (Å²) in [6.45, 7) is 5.87. The Balaban J connectivity index is 1.75. The molecule has 3 heterocycles. The molecule has 1 atom stereocenters. The zero-order chi connectivity index (χ0) is 15.7. The molecule has 6 nitrogen and oxygen atoms in total. The van der Waals surface area contributed by atoms with E-state index in [1.807, 2.05) is 13.8 Å². The number of thiophene rings is 1. The van der Waals surface area contributed by atoms with Crippen molar-refractivity contribution in [2.75, 3.05) is 6.61 Å². The smallest absolute Gasteiger partial charge is 0.229 e. The molecule has 1 aliphatic heterocycles. The average molecular weight is 321 g/mol. The fourth-order valence-electron chi connectivity index (χ4n) is 2.62. The van der Waals surface area contributed by atoms with Crippen LogP contribution in [0, 0.1) is 0 Å². The molecule has 2 aromatic rings. The first-order valence-electron chi connectivity index (χ1n) is 7.25. The fourth-order valence-corrected chi connectivity index (χ4v) is 3.62. The zero-order valence-electron chi connectivity index (χ0n) is 12.9. The van der Waals surface area contributed by atoms with Gasteiger partial charge in [0.1, 0.15) is 6.10 Å². The molecule has 118 valence electrons. The van der Waals surface area contributed by atoms with Crippen molar-refractivity contribution in [3.05, 3.63) is 33.6 Å². The molecule has 3 rings (SSSR count). The number of aromatic nitrogens is 2. The van der Waals surface area contributed by atoms with E-state index in [1.54, 1.807) is 11.3 Å². The van der Waals surface area contributed by atoms with E-state index in [0.29, 0.717) is 24.7 Å². The molecular formula is C15H19N3O3S. The van der Waals surface area contributed by atoms with E-state index in [2.05, 4.69) is 26.9 Å². The monoisotopic (exact) mass is 321 g/mol. The molecule has 0 radical (unpaired) electrons. The predicted molar refractivity (Wildman–Crippen MR) is 81.6 cm³/mol. The van der Waals surface area contributed by atoms with Gasteiger partial charge in [0.2, 0.25) is 11.8 Å². The number of hydrogen-bond donors (Lipinski definition) is 1. The van der Waals surface area contributed by atoms with Crippen LogP contribution >= 0.6 is 11.3 Å². The number of carbonyl (C=O) groups is 1. The minimum absolute atomic E-state index is 0.0269. The maximum absolute atomic E-state index is 11.2. The Morgan fingerprint density at radius 2 is 2.36 bits per heavy atom. The third-order valence-corrected chi connectivity index (χ3v) is 4.69. The molecular weight excluding hydrogens is 302 g/mol. The first-order chi connectivity index (χ1) is 10.5. The molecule has 0 fully saturated rings. The Labute approximate surface area is 132 Å². The molecule has 0 spiro atoms. The largest absolute Gasteiger partial charge is 0.372 e. The highest BCUT2D eigenvalue weighted by molar-refractivity contribution is 7.10. The van der Waals surface area contributed by atoms with E-state index in [1.165, 1.54) is 17.4 Å². The van der Waals surface area contributed by atoms with Gasteiger partial charge in [0.25, 0.3) is 0 Å². The number of ether oxygens (including phenoxy) is 1. The molecule has 0 aromatic carbocycles. The summed E-state index contributed by atoms with van der Waals surface area (Å²) in [6, 6.07) is 2.15. The number of amides is 1. The first kappa shape index (κ1) is 15.2. The highest BCUT2D eigenvalue weighted by atomic mass is 32.1. The lowest BCUT2D eigenvalue weighted by atomic mass is 10.0. The second-order valence-corrected chi connectivity index (χ2v) is 6.89. The van der Waals surface area contributed by atoms with Gasteiger partial charge in [-0.25, -0.2) is 0 Å². The summed E-state index contributed by atoms with van der Waals surface area (Å²) in [5.41, 5.74) is 0.689. The molecule has 0 aliphatic carbocycles. The Morgan fingerprint density at radius 3 is 3.14 bits per heavy atom. The fraction of sp³-hybridized carbons (Fsp3) is 0.533. The summed E-state index contributed by atoms with van der Waals surface area (Å²) >= 11 is 1.70. The highest BCUT2D eigenvalue weighted by Crippen LogP contribution is 2.34. The Kier molecular flexibility index (Phi) is 4.01. The van der Waals surface area contributed by atoms with Crippen LogP contribution in [0.3, 0.4) is 0 Å². The van der Waals surface area contributed by atoms with Crippen LogP contribution in [0.5, 0.6) is 0 Å². The lowest BCUT2D eigenvalue weighted by Gasteiger charge is -2.22. The van der Waals surface area contributed by atoms with Gasteiger partial charge in [0.15, 0.2) is 5.82 Å². The van der Waals surface area contributed by atoms with Gasteiger partial charge in [0.05, 0.1) is 18.6 Å². The van der Waals surface area contributed by atoms with Crippen LogP contribution in [0.25, 0.3) is 0 Å². The number of nitrogens with one attached hydrogen (secondary N) is 1. The van der Waals surface area contributed by atoms with Crippen LogP contribution in [0.15, 0.2) is 16.0 Å². The van der Waals surface area contributed by atoms with Crippen molar-refractivity contribution in [1.82, 2.24) is 15.5 Å². The molecule has 0 saturated heterocycles. The normalized spacial score (nSPS) is 18.0. The molecule has 0 bridgehead atoms. The van der Waals surface area contributed by atoms with E-state index >= 15 is 0 Å². The maximum atomic E-state index is 11.2. The standard InChI is InChI=1S/C15H19N3O3S/c1-9(19)17-15(2,3)14-16-12(21-18-14)8-11-13-10(4-6-20-11)5-7-22-13/h5,7,11H,4,6,8H2,1-3H3,(H,17,19). The summed E-state index contributed by atoms with van der Waals surface area (Å²) in [7, 11) is 0. The lowest BCUT2D eigenvalue weighted by Crippen LogP contribution is -2.40. The summed E-state index contributed by atoms with van der Waals surface area (Å²) in [4.78, 5) is 16.9. The Bertz CT molecular complexity index is 677. The number of carbonyl (C=O) groups excluding carboxylic acids is 1. The van der Waals surface area contributed by atoms with Gasteiger partial charge in [-0.3, -0.25) is 4.79 Å². The third kappa shape index (κ3) is 3.05. The molecule has 1 unspecified atom stereocenters. The topological polar surface area (TPSA) is 77.2 Å². The number of fused-ring (bicyclic) bond motifs is 1. The van der Waals surface area contributed by atoms with Gasteiger partial charge in [0, 0.05) is 11.8 Å². The van der Waals surface area contributed by atoms with Gasteiger partial charge in [-0.05, 0) is 37.3 Å². The van der Waals surface area contributed by atoms with Crippen LogP contribution in [-0.4, -0.2) is 22.7 Å². The van der Waals surface area contributed by atoms with Crippen LogP contribution in [0.2, 0.25) is 0 Å². The minimum Gasteiger partial charge on any atom is -0.372 e. The molecule has 1 N–H and O–H groups in total. The Morgan fingerprint density at radius 1 is 1.55 bits per heavy atom. The van der Waals surface area contributed by atoms with Crippen LogP contribution in [-0.2, 0) is 27.9 Å².